The maximum atomic E-state index is 12.5. The highest BCUT2D eigenvalue weighted by Crippen LogP contribution is 2.27. The number of carbonyl (C=O) groups is 1. The molecule has 40 heavy (non-hydrogen) atoms. The Morgan fingerprint density at radius 1 is 0.850 bits per heavy atom. The van der Waals surface area contributed by atoms with Gasteiger partial charge >= 0.3 is 0 Å². The van der Waals surface area contributed by atoms with Crippen LogP contribution in [-0.2, 0) is 13.0 Å². The lowest BCUT2D eigenvalue weighted by atomic mass is 10.1. The maximum absolute atomic E-state index is 12.5. The highest BCUT2D eigenvalue weighted by Gasteiger charge is 2.12. The molecule has 1 aromatic heterocycles. The predicted octanol–water partition coefficient (Wildman–Crippen LogP) is 6.67. The molecule has 1 heterocycles. The van der Waals surface area contributed by atoms with Crippen molar-refractivity contribution >= 4 is 16.9 Å². The molecule has 1 N–H and O–H groups in total. The summed E-state index contributed by atoms with van der Waals surface area (Å²) >= 11 is 0. The minimum Gasteiger partial charge on any atom is -0.494 e. The summed E-state index contributed by atoms with van der Waals surface area (Å²) < 4.78 is 18.9. The number of amides is 1. The third kappa shape index (κ3) is 7.78. The van der Waals surface area contributed by atoms with Crippen LogP contribution in [-0.4, -0.2) is 42.8 Å². The van der Waals surface area contributed by atoms with Gasteiger partial charge in [-0.25, -0.2) is 4.98 Å². The van der Waals surface area contributed by atoms with Crippen LogP contribution in [0.2, 0.25) is 0 Å². The van der Waals surface area contributed by atoms with Gasteiger partial charge in [0.2, 0.25) is 0 Å². The number of nitrogens with one attached hydrogen (secondary N) is 1. The van der Waals surface area contributed by atoms with E-state index >= 15 is 0 Å². The molecule has 0 saturated carbocycles. The summed E-state index contributed by atoms with van der Waals surface area (Å²) in [6, 6.07) is 19.9. The summed E-state index contributed by atoms with van der Waals surface area (Å²) in [6.07, 6.45) is 5.87. The van der Waals surface area contributed by atoms with Gasteiger partial charge in [-0.1, -0.05) is 24.6 Å². The fraction of sp³-hybridized carbons (Fsp3) is 0.394. The summed E-state index contributed by atoms with van der Waals surface area (Å²) in [5, 5.41) is 3.01. The molecule has 0 aliphatic carbocycles. The number of nitrogens with zero attached hydrogens (tertiary/aromatic N) is 2. The predicted molar refractivity (Wildman–Crippen MR) is 160 cm³/mol. The van der Waals surface area contributed by atoms with Crippen molar-refractivity contribution in [2.45, 2.75) is 58.9 Å². The molecule has 0 aliphatic rings. The lowest BCUT2D eigenvalue weighted by molar-refractivity contribution is 0.0952. The van der Waals surface area contributed by atoms with Gasteiger partial charge in [0.1, 0.15) is 11.6 Å². The summed E-state index contributed by atoms with van der Waals surface area (Å²) in [4.78, 5) is 17.5. The average Bonchev–Trinajstić information content (AvgIpc) is 3.30. The number of hydrogen-bond donors (Lipinski definition) is 1. The van der Waals surface area contributed by atoms with E-state index in [1.165, 1.54) is 16.6 Å². The first-order valence-corrected chi connectivity index (χ1v) is 14.1. The lowest BCUT2D eigenvalue weighted by Gasteiger charge is -2.11. The summed E-state index contributed by atoms with van der Waals surface area (Å²) in [7, 11) is 3.14. The zero-order chi connectivity index (χ0) is 28.3. The van der Waals surface area contributed by atoms with Gasteiger partial charge in [0, 0.05) is 25.1 Å². The first-order valence-electron chi connectivity index (χ1n) is 14.1. The summed E-state index contributed by atoms with van der Waals surface area (Å²) in [5.74, 6) is 3.13. The van der Waals surface area contributed by atoms with E-state index in [0.29, 0.717) is 30.2 Å². The molecule has 4 rings (SSSR count). The van der Waals surface area contributed by atoms with E-state index in [0.717, 1.165) is 62.2 Å². The minimum absolute atomic E-state index is 0.107. The molecule has 0 aliphatic heterocycles. The minimum atomic E-state index is -0.107. The number of para-hydroxylation sites is 2. The molecule has 7 nitrogen and oxygen atoms in total. The smallest absolute Gasteiger partial charge is 0.251 e. The molecule has 0 unspecified atom stereocenters. The number of imidazole rings is 1. The molecule has 0 saturated heterocycles. The molecule has 0 bridgehead atoms. The number of ether oxygens (including phenoxy) is 3. The normalized spacial score (nSPS) is 11.0. The number of benzene rings is 3. The van der Waals surface area contributed by atoms with Gasteiger partial charge in [-0.2, -0.15) is 0 Å². The Balaban J connectivity index is 1.22. The van der Waals surface area contributed by atoms with E-state index in [9.17, 15) is 4.79 Å². The van der Waals surface area contributed by atoms with Gasteiger partial charge in [0.25, 0.3) is 5.91 Å². The van der Waals surface area contributed by atoms with Gasteiger partial charge in [-0.15, -0.1) is 0 Å². The first kappa shape index (κ1) is 29.0. The van der Waals surface area contributed by atoms with Crippen molar-refractivity contribution in [3.63, 3.8) is 0 Å². The Labute approximate surface area is 237 Å². The monoisotopic (exact) mass is 543 g/mol. The van der Waals surface area contributed by atoms with Gasteiger partial charge in [-0.3, -0.25) is 4.79 Å². The van der Waals surface area contributed by atoms with Crippen molar-refractivity contribution in [2.75, 3.05) is 27.4 Å². The second-order valence-electron chi connectivity index (χ2n) is 10.2. The number of unbranched alkanes of at least 4 members (excludes halogenated alkanes) is 3. The molecule has 4 aromatic rings. The topological polar surface area (TPSA) is 74.6 Å². The van der Waals surface area contributed by atoms with Crippen LogP contribution in [0.3, 0.4) is 0 Å². The van der Waals surface area contributed by atoms with Crippen molar-refractivity contribution < 1.29 is 19.0 Å². The van der Waals surface area contributed by atoms with Crippen molar-refractivity contribution in [3.8, 4) is 17.2 Å². The molecule has 0 fully saturated rings. The van der Waals surface area contributed by atoms with Crippen LogP contribution >= 0.6 is 0 Å². The van der Waals surface area contributed by atoms with Crippen molar-refractivity contribution in [2.24, 2.45) is 0 Å². The maximum Gasteiger partial charge on any atom is 0.251 e. The fourth-order valence-corrected chi connectivity index (χ4v) is 5.01. The Bertz CT molecular complexity index is 1390. The number of rotatable bonds is 15. The van der Waals surface area contributed by atoms with Crippen molar-refractivity contribution in [3.05, 3.63) is 83.2 Å². The van der Waals surface area contributed by atoms with Crippen LogP contribution in [0, 0.1) is 13.8 Å². The SMILES string of the molecule is COc1ccc(C(=O)NCCCCCc2nc3ccccc3n2CCCCOc2cc(C)cc(C)c2)cc1OC. The third-order valence-corrected chi connectivity index (χ3v) is 6.98. The number of hydrogen-bond acceptors (Lipinski definition) is 5. The number of methoxy groups -OCH3 is 2. The van der Waals surface area contributed by atoms with Crippen LogP contribution < -0.4 is 19.5 Å². The van der Waals surface area contributed by atoms with E-state index < -0.39 is 0 Å². The molecule has 0 spiro atoms. The largest absolute Gasteiger partial charge is 0.494 e. The molecule has 0 atom stereocenters. The number of fused-ring (bicyclic) bond motifs is 1. The lowest BCUT2D eigenvalue weighted by Crippen LogP contribution is -2.24. The second-order valence-corrected chi connectivity index (χ2v) is 10.2. The standard InChI is InChI=1S/C33H41N3O4/c1-24-20-25(2)22-27(21-24)40-19-11-10-18-36-29-13-8-7-12-28(29)35-32(36)14-6-5-9-17-34-33(37)26-15-16-30(38-3)31(23-26)39-4/h7-8,12-13,15-16,20-23H,5-6,9-11,14,17-19H2,1-4H3,(H,34,37). The van der Waals surface area contributed by atoms with E-state index in [4.69, 9.17) is 19.2 Å². The van der Waals surface area contributed by atoms with Crippen molar-refractivity contribution in [1.29, 1.82) is 0 Å². The van der Waals surface area contributed by atoms with Gasteiger partial charge in [0.05, 0.1) is 31.9 Å². The Morgan fingerprint density at radius 3 is 2.40 bits per heavy atom. The van der Waals surface area contributed by atoms with Gasteiger partial charge in [-0.05, 0) is 93.1 Å². The highest BCUT2D eigenvalue weighted by atomic mass is 16.5. The summed E-state index contributed by atoms with van der Waals surface area (Å²) in [6.45, 7) is 6.46. The molecule has 212 valence electrons. The third-order valence-electron chi connectivity index (χ3n) is 6.98. The van der Waals surface area contributed by atoms with Crippen LogP contribution in [0.25, 0.3) is 11.0 Å². The number of carbonyl (C=O) groups excluding carboxylic acids is 1. The molecule has 1 amide bonds. The van der Waals surface area contributed by atoms with Crippen LogP contribution in [0.5, 0.6) is 17.2 Å². The second kappa shape index (κ2) is 14.4. The average molecular weight is 544 g/mol. The molecule has 7 heteroatoms. The number of aromatic nitrogens is 2. The van der Waals surface area contributed by atoms with Gasteiger partial charge in [0.15, 0.2) is 11.5 Å². The fourth-order valence-electron chi connectivity index (χ4n) is 5.01. The Morgan fingerprint density at radius 2 is 1.62 bits per heavy atom. The van der Waals surface area contributed by atoms with Crippen LogP contribution in [0.4, 0.5) is 0 Å². The first-order chi connectivity index (χ1) is 19.5. The van der Waals surface area contributed by atoms with E-state index in [1.54, 1.807) is 32.4 Å². The summed E-state index contributed by atoms with van der Waals surface area (Å²) in [5.41, 5.74) is 5.25. The molecular formula is C33H41N3O4. The van der Waals surface area contributed by atoms with E-state index in [-0.39, 0.29) is 5.91 Å². The molecular weight excluding hydrogens is 502 g/mol. The Kier molecular flexibility index (Phi) is 10.4. The zero-order valence-corrected chi connectivity index (χ0v) is 24.2. The highest BCUT2D eigenvalue weighted by molar-refractivity contribution is 5.94. The van der Waals surface area contributed by atoms with Crippen LogP contribution in [0.1, 0.15) is 59.4 Å². The zero-order valence-electron chi connectivity index (χ0n) is 24.2. The molecule has 0 radical (unpaired) electrons. The quantitative estimate of drug-likeness (QED) is 0.170. The Hall–Kier alpha value is -4.00. The van der Waals surface area contributed by atoms with Gasteiger partial charge < -0.3 is 24.1 Å². The molecule has 3 aromatic carbocycles. The van der Waals surface area contributed by atoms with Crippen LogP contribution in [0.15, 0.2) is 60.7 Å². The van der Waals surface area contributed by atoms with E-state index in [1.807, 2.05) is 6.07 Å². The number of aryl methyl sites for hydroxylation is 4. The van der Waals surface area contributed by atoms with Crippen molar-refractivity contribution in [1.82, 2.24) is 14.9 Å². The van der Waals surface area contributed by atoms with E-state index in [2.05, 4.69) is 60.1 Å².